The van der Waals surface area contributed by atoms with Crippen molar-refractivity contribution in [3.8, 4) is 0 Å². The van der Waals surface area contributed by atoms with Gasteiger partial charge in [0.15, 0.2) is 5.82 Å². The molecule has 0 bridgehead atoms. The van der Waals surface area contributed by atoms with E-state index in [9.17, 15) is 9.59 Å². The van der Waals surface area contributed by atoms with Gasteiger partial charge in [0.1, 0.15) is 5.82 Å². The van der Waals surface area contributed by atoms with Crippen LogP contribution in [0, 0.1) is 6.92 Å². The Morgan fingerprint density at radius 1 is 1.17 bits per heavy atom. The Balaban J connectivity index is 2.07. The van der Waals surface area contributed by atoms with E-state index in [4.69, 9.17) is 0 Å². The van der Waals surface area contributed by atoms with E-state index in [1.54, 1.807) is 0 Å². The molecular formula is C15H12BrN5O2. The molecule has 3 heterocycles. The molecule has 7 nitrogen and oxygen atoms in total. The minimum Gasteiger partial charge on any atom is -0.324 e. The molecular weight excluding hydrogens is 362 g/mol. The molecule has 0 aliphatic carbocycles. The molecule has 0 spiro atoms. The van der Waals surface area contributed by atoms with Crippen LogP contribution in [0.3, 0.4) is 0 Å². The normalized spacial score (nSPS) is 15.7. The van der Waals surface area contributed by atoms with Gasteiger partial charge in [0.05, 0.1) is 5.56 Å². The van der Waals surface area contributed by atoms with Crippen molar-refractivity contribution in [3.05, 3.63) is 72.0 Å². The molecule has 0 radical (unpaired) electrons. The predicted molar refractivity (Wildman–Crippen MR) is 89.4 cm³/mol. The molecule has 0 fully saturated rings. The molecule has 1 aromatic carbocycles. The molecule has 0 unspecified atom stereocenters. The molecule has 0 saturated carbocycles. The Morgan fingerprint density at radius 3 is 2.78 bits per heavy atom. The number of H-pyrrole nitrogens is 3. The van der Waals surface area contributed by atoms with Gasteiger partial charge in [-0.25, -0.2) is 4.79 Å². The van der Waals surface area contributed by atoms with E-state index in [0.29, 0.717) is 17.2 Å². The van der Waals surface area contributed by atoms with E-state index in [1.165, 1.54) is 0 Å². The van der Waals surface area contributed by atoms with Crippen molar-refractivity contribution in [2.24, 2.45) is 0 Å². The fourth-order valence-electron chi connectivity index (χ4n) is 3.04. The molecule has 8 heteroatoms. The van der Waals surface area contributed by atoms with Crippen LogP contribution < -0.4 is 16.6 Å². The number of nitrogens with zero attached hydrogens (tertiary/aromatic N) is 1. The summed E-state index contributed by atoms with van der Waals surface area (Å²) < 4.78 is 0.915. The summed E-state index contributed by atoms with van der Waals surface area (Å²) in [7, 11) is 0. The lowest BCUT2D eigenvalue weighted by Gasteiger charge is -2.25. The van der Waals surface area contributed by atoms with Crippen LogP contribution in [0.1, 0.15) is 28.3 Å². The summed E-state index contributed by atoms with van der Waals surface area (Å²) in [6.45, 7) is 1.91. The van der Waals surface area contributed by atoms with Crippen molar-refractivity contribution in [3.63, 3.8) is 0 Å². The van der Waals surface area contributed by atoms with E-state index in [-0.39, 0.29) is 5.92 Å². The highest BCUT2D eigenvalue weighted by atomic mass is 79.9. The Labute approximate surface area is 138 Å². The monoisotopic (exact) mass is 373 g/mol. The first-order chi connectivity index (χ1) is 11.0. The van der Waals surface area contributed by atoms with E-state index in [1.807, 2.05) is 31.2 Å². The number of halogens is 1. The number of aryl methyl sites for hydroxylation is 1. The topological polar surface area (TPSA) is 106 Å². The Hall–Kier alpha value is -2.61. The summed E-state index contributed by atoms with van der Waals surface area (Å²) in [6.07, 6.45) is 0. The smallest absolute Gasteiger partial charge is 0.324 e. The average Bonchev–Trinajstić information content (AvgIpc) is 2.86. The highest BCUT2D eigenvalue weighted by Crippen LogP contribution is 2.42. The maximum atomic E-state index is 12.4. The lowest BCUT2D eigenvalue weighted by atomic mass is 9.83. The number of hydrogen-bond acceptors (Lipinski definition) is 4. The van der Waals surface area contributed by atoms with Gasteiger partial charge >= 0.3 is 5.69 Å². The van der Waals surface area contributed by atoms with Gasteiger partial charge in [0.25, 0.3) is 5.56 Å². The molecule has 1 aliphatic heterocycles. The van der Waals surface area contributed by atoms with Gasteiger partial charge in [-0.05, 0) is 24.6 Å². The highest BCUT2D eigenvalue weighted by molar-refractivity contribution is 9.10. The second-order valence-corrected chi connectivity index (χ2v) is 6.34. The number of aromatic amines is 3. The standard InChI is InChI=1S/C15H12BrN5O2/c1-6-9-10(7-3-2-4-8(16)5-7)11-12(17-13(9)21-20-6)18-15(23)19-14(11)22/h2-5,10H,1H3,(H4,17,18,19,20,21,22,23)/t10-/m0/s1. The molecule has 1 atom stereocenters. The van der Waals surface area contributed by atoms with Gasteiger partial charge in [-0.1, -0.05) is 28.1 Å². The lowest BCUT2D eigenvalue weighted by Crippen LogP contribution is -2.31. The second-order valence-electron chi connectivity index (χ2n) is 5.42. The zero-order valence-electron chi connectivity index (χ0n) is 12.0. The molecule has 0 amide bonds. The van der Waals surface area contributed by atoms with E-state index in [2.05, 4.69) is 41.4 Å². The minimum atomic E-state index is -0.551. The van der Waals surface area contributed by atoms with Crippen LogP contribution in [0.4, 0.5) is 11.6 Å². The van der Waals surface area contributed by atoms with Crippen LogP contribution in [-0.4, -0.2) is 20.2 Å². The first-order valence-electron chi connectivity index (χ1n) is 6.98. The average molecular weight is 374 g/mol. The van der Waals surface area contributed by atoms with Gasteiger partial charge in [-0.3, -0.25) is 19.9 Å². The largest absolute Gasteiger partial charge is 0.327 e. The predicted octanol–water partition coefficient (Wildman–Crippen LogP) is 2.09. The van der Waals surface area contributed by atoms with Crippen LogP contribution in [0.5, 0.6) is 0 Å². The number of benzene rings is 1. The number of nitrogens with one attached hydrogen (secondary N) is 4. The third kappa shape index (κ3) is 2.14. The molecule has 4 N–H and O–H groups in total. The third-order valence-electron chi connectivity index (χ3n) is 3.98. The summed E-state index contributed by atoms with van der Waals surface area (Å²) in [5.74, 6) is 0.669. The number of anilines is 2. The molecule has 116 valence electrons. The Morgan fingerprint density at radius 2 is 2.00 bits per heavy atom. The molecule has 1 aliphatic rings. The van der Waals surface area contributed by atoms with Crippen molar-refractivity contribution >= 4 is 27.6 Å². The quantitative estimate of drug-likeness (QED) is 0.409. The van der Waals surface area contributed by atoms with Crippen LogP contribution in [0.25, 0.3) is 0 Å². The number of aromatic nitrogens is 4. The van der Waals surface area contributed by atoms with E-state index >= 15 is 0 Å². The van der Waals surface area contributed by atoms with E-state index < -0.39 is 11.2 Å². The highest BCUT2D eigenvalue weighted by Gasteiger charge is 2.33. The van der Waals surface area contributed by atoms with Crippen LogP contribution in [0.2, 0.25) is 0 Å². The molecule has 4 rings (SSSR count). The SMILES string of the molecule is Cc1[nH]nc2c1[C@H](c1cccc(Br)c1)c1c([nH]c(=O)[nH]c1=O)N2. The maximum Gasteiger partial charge on any atom is 0.327 e. The van der Waals surface area contributed by atoms with Crippen LogP contribution in [0.15, 0.2) is 38.3 Å². The minimum absolute atomic E-state index is 0.321. The zero-order chi connectivity index (χ0) is 16.1. The number of fused-ring (bicyclic) bond motifs is 2. The Bertz CT molecular complexity index is 1030. The van der Waals surface area contributed by atoms with Gasteiger partial charge in [0.2, 0.25) is 0 Å². The fourth-order valence-corrected chi connectivity index (χ4v) is 3.46. The number of rotatable bonds is 1. The lowest BCUT2D eigenvalue weighted by molar-refractivity contribution is 0.881. The summed E-state index contributed by atoms with van der Waals surface area (Å²) in [4.78, 5) is 29.0. The molecule has 23 heavy (non-hydrogen) atoms. The van der Waals surface area contributed by atoms with Gasteiger partial charge in [-0.2, -0.15) is 5.10 Å². The van der Waals surface area contributed by atoms with Crippen molar-refractivity contribution < 1.29 is 0 Å². The maximum absolute atomic E-state index is 12.4. The first-order valence-corrected chi connectivity index (χ1v) is 7.77. The number of hydrogen-bond donors (Lipinski definition) is 4. The summed E-state index contributed by atoms with van der Waals surface area (Å²) in [5, 5.41) is 10.2. The van der Waals surface area contributed by atoms with Crippen molar-refractivity contribution in [2.45, 2.75) is 12.8 Å². The van der Waals surface area contributed by atoms with Gasteiger partial charge in [-0.15, -0.1) is 0 Å². The molecule has 2 aromatic heterocycles. The van der Waals surface area contributed by atoms with Crippen LogP contribution >= 0.6 is 15.9 Å². The summed E-state index contributed by atoms with van der Waals surface area (Å²) in [6, 6.07) is 7.74. The van der Waals surface area contributed by atoms with Gasteiger partial charge < -0.3 is 5.32 Å². The first kappa shape index (κ1) is 14.0. The summed E-state index contributed by atoms with van der Waals surface area (Å²) in [5.41, 5.74) is 2.21. The summed E-state index contributed by atoms with van der Waals surface area (Å²) >= 11 is 3.47. The zero-order valence-corrected chi connectivity index (χ0v) is 13.6. The third-order valence-corrected chi connectivity index (χ3v) is 4.47. The van der Waals surface area contributed by atoms with Crippen molar-refractivity contribution in [2.75, 3.05) is 5.32 Å². The fraction of sp³-hybridized carbons (Fsp3) is 0.133. The molecule has 0 saturated heterocycles. The van der Waals surface area contributed by atoms with Gasteiger partial charge in [0, 0.05) is 21.6 Å². The Kier molecular flexibility index (Phi) is 3.02. The second kappa shape index (κ2) is 4.95. The van der Waals surface area contributed by atoms with Crippen molar-refractivity contribution in [1.82, 2.24) is 20.2 Å². The molecule has 3 aromatic rings. The van der Waals surface area contributed by atoms with E-state index in [0.717, 1.165) is 21.3 Å². The van der Waals surface area contributed by atoms with Crippen LogP contribution in [-0.2, 0) is 0 Å². The van der Waals surface area contributed by atoms with Crippen molar-refractivity contribution in [1.29, 1.82) is 0 Å².